The van der Waals surface area contributed by atoms with Gasteiger partial charge < -0.3 is 15.9 Å². The maximum atomic E-state index is 8.73. The number of imidazole rings is 1. The van der Waals surface area contributed by atoms with Gasteiger partial charge in [-0.2, -0.15) is 0 Å². The highest BCUT2D eigenvalue weighted by Gasteiger charge is 2.07. The molecule has 0 saturated carbocycles. The maximum Gasteiger partial charge on any atom is 0.170 e. The summed E-state index contributed by atoms with van der Waals surface area (Å²) < 4.78 is 0. The van der Waals surface area contributed by atoms with Crippen LogP contribution in [0.2, 0.25) is 0 Å². The fraction of sp³-hybridized carbons (Fsp3) is 0.0667. The number of aryl methyl sites for hydroxylation is 1. The number of amidine groups is 1. The molecular formula is C15H14N4O. The molecule has 0 atom stereocenters. The van der Waals surface area contributed by atoms with Gasteiger partial charge in [0.15, 0.2) is 5.84 Å². The number of oxime groups is 1. The Morgan fingerprint density at radius 3 is 2.90 bits per heavy atom. The van der Waals surface area contributed by atoms with Crippen molar-refractivity contribution in [2.75, 3.05) is 0 Å². The quantitative estimate of drug-likeness (QED) is 0.288. The lowest BCUT2D eigenvalue weighted by atomic mass is 10.1. The fourth-order valence-electron chi connectivity index (χ4n) is 2.14. The molecule has 0 bridgehead atoms. The van der Waals surface area contributed by atoms with E-state index < -0.39 is 0 Å². The first kappa shape index (κ1) is 12.2. The number of nitrogens with zero attached hydrogens (tertiary/aromatic N) is 2. The standard InChI is InChI=1S/C15H14N4O/c1-9-5-6-12-13(7-9)18-15(17-12)11-4-2-3-10(8-11)14(16)19-20/h2-8,20H,1H3,(H2,16,19)(H,17,18). The lowest BCUT2D eigenvalue weighted by Gasteiger charge is -2.01. The highest BCUT2D eigenvalue weighted by atomic mass is 16.4. The number of fused-ring (bicyclic) bond motifs is 1. The number of hydrogen-bond donors (Lipinski definition) is 3. The molecular weight excluding hydrogens is 252 g/mol. The fourth-order valence-corrected chi connectivity index (χ4v) is 2.14. The van der Waals surface area contributed by atoms with Crippen molar-refractivity contribution >= 4 is 16.9 Å². The molecule has 0 aliphatic carbocycles. The summed E-state index contributed by atoms with van der Waals surface area (Å²) in [7, 11) is 0. The first-order valence-corrected chi connectivity index (χ1v) is 6.22. The highest BCUT2D eigenvalue weighted by molar-refractivity contribution is 5.98. The minimum absolute atomic E-state index is 0.0822. The van der Waals surface area contributed by atoms with Crippen molar-refractivity contribution < 1.29 is 5.21 Å². The van der Waals surface area contributed by atoms with Gasteiger partial charge >= 0.3 is 0 Å². The number of benzene rings is 2. The number of hydrogen-bond acceptors (Lipinski definition) is 3. The molecule has 5 nitrogen and oxygen atoms in total. The summed E-state index contributed by atoms with van der Waals surface area (Å²) in [4.78, 5) is 7.83. The Morgan fingerprint density at radius 2 is 2.10 bits per heavy atom. The van der Waals surface area contributed by atoms with E-state index in [1.807, 2.05) is 37.3 Å². The first-order chi connectivity index (χ1) is 9.67. The second-order valence-corrected chi connectivity index (χ2v) is 4.67. The molecule has 100 valence electrons. The van der Waals surface area contributed by atoms with Crippen LogP contribution in [-0.2, 0) is 0 Å². The summed E-state index contributed by atoms with van der Waals surface area (Å²) in [5.41, 5.74) is 10.2. The van der Waals surface area contributed by atoms with E-state index in [2.05, 4.69) is 21.2 Å². The van der Waals surface area contributed by atoms with Crippen LogP contribution in [0.1, 0.15) is 11.1 Å². The molecule has 20 heavy (non-hydrogen) atoms. The normalized spacial score (nSPS) is 11.9. The van der Waals surface area contributed by atoms with Gasteiger partial charge in [0.2, 0.25) is 0 Å². The third kappa shape index (κ3) is 2.09. The van der Waals surface area contributed by atoms with E-state index in [9.17, 15) is 0 Å². The zero-order valence-electron chi connectivity index (χ0n) is 11.0. The molecule has 0 spiro atoms. The lowest BCUT2D eigenvalue weighted by Crippen LogP contribution is -2.12. The van der Waals surface area contributed by atoms with Crippen LogP contribution >= 0.6 is 0 Å². The van der Waals surface area contributed by atoms with Gasteiger partial charge in [-0.25, -0.2) is 4.98 Å². The molecule has 5 heteroatoms. The number of aromatic amines is 1. The van der Waals surface area contributed by atoms with Gasteiger partial charge in [-0.05, 0) is 30.7 Å². The Hall–Kier alpha value is -2.82. The van der Waals surface area contributed by atoms with Crippen molar-refractivity contribution in [3.63, 3.8) is 0 Å². The monoisotopic (exact) mass is 266 g/mol. The molecule has 0 radical (unpaired) electrons. The van der Waals surface area contributed by atoms with Crippen LogP contribution in [0, 0.1) is 6.92 Å². The number of H-pyrrole nitrogens is 1. The van der Waals surface area contributed by atoms with Crippen LogP contribution in [0.5, 0.6) is 0 Å². The van der Waals surface area contributed by atoms with Crippen LogP contribution in [-0.4, -0.2) is 21.0 Å². The van der Waals surface area contributed by atoms with Gasteiger partial charge in [0.25, 0.3) is 0 Å². The number of nitrogens with one attached hydrogen (secondary N) is 1. The molecule has 4 N–H and O–H groups in total. The van der Waals surface area contributed by atoms with E-state index in [-0.39, 0.29) is 5.84 Å². The van der Waals surface area contributed by atoms with E-state index in [0.717, 1.165) is 22.4 Å². The Labute approximate surface area is 115 Å². The van der Waals surface area contributed by atoms with Gasteiger partial charge in [-0.1, -0.05) is 29.4 Å². The van der Waals surface area contributed by atoms with Gasteiger partial charge in [0.1, 0.15) is 5.82 Å². The van der Waals surface area contributed by atoms with Crippen molar-refractivity contribution in [1.82, 2.24) is 9.97 Å². The third-order valence-electron chi connectivity index (χ3n) is 3.18. The molecule has 0 fully saturated rings. The Bertz CT molecular complexity index is 804. The second kappa shape index (κ2) is 4.70. The van der Waals surface area contributed by atoms with Crippen molar-refractivity contribution in [3.8, 4) is 11.4 Å². The predicted molar refractivity (Wildman–Crippen MR) is 78.8 cm³/mol. The second-order valence-electron chi connectivity index (χ2n) is 4.67. The molecule has 3 aromatic rings. The summed E-state index contributed by atoms with van der Waals surface area (Å²) in [5, 5.41) is 11.7. The lowest BCUT2D eigenvalue weighted by molar-refractivity contribution is 0.318. The molecule has 3 rings (SSSR count). The van der Waals surface area contributed by atoms with Crippen LogP contribution in [0.3, 0.4) is 0 Å². The summed E-state index contributed by atoms with van der Waals surface area (Å²) >= 11 is 0. The Kier molecular flexibility index (Phi) is 2.87. The zero-order chi connectivity index (χ0) is 14.1. The summed E-state index contributed by atoms with van der Waals surface area (Å²) in [5.74, 6) is 0.844. The van der Waals surface area contributed by atoms with Gasteiger partial charge in [-0.15, -0.1) is 0 Å². The molecule has 0 unspecified atom stereocenters. The van der Waals surface area contributed by atoms with E-state index in [0.29, 0.717) is 5.56 Å². The Morgan fingerprint density at radius 1 is 1.25 bits per heavy atom. The first-order valence-electron chi connectivity index (χ1n) is 6.22. The van der Waals surface area contributed by atoms with Crippen LogP contribution in [0.15, 0.2) is 47.6 Å². The van der Waals surface area contributed by atoms with E-state index in [4.69, 9.17) is 10.9 Å². The van der Waals surface area contributed by atoms with E-state index in [1.165, 1.54) is 5.56 Å². The third-order valence-corrected chi connectivity index (χ3v) is 3.18. The van der Waals surface area contributed by atoms with Crippen molar-refractivity contribution in [2.24, 2.45) is 10.9 Å². The summed E-state index contributed by atoms with van der Waals surface area (Å²) in [6, 6.07) is 13.5. The van der Waals surface area contributed by atoms with Gasteiger partial charge in [0.05, 0.1) is 11.0 Å². The van der Waals surface area contributed by atoms with Crippen LogP contribution in [0.4, 0.5) is 0 Å². The Balaban J connectivity index is 2.11. The molecule has 1 aromatic heterocycles. The molecule has 1 heterocycles. The molecule has 0 saturated heterocycles. The van der Waals surface area contributed by atoms with Crippen LogP contribution < -0.4 is 5.73 Å². The summed E-state index contributed by atoms with van der Waals surface area (Å²) in [6.45, 7) is 2.04. The molecule has 0 amide bonds. The number of aromatic nitrogens is 2. The average Bonchev–Trinajstić information content (AvgIpc) is 2.89. The highest BCUT2D eigenvalue weighted by Crippen LogP contribution is 2.22. The SMILES string of the molecule is Cc1ccc2nc(-c3cccc(/C(N)=N/O)c3)[nH]c2c1. The van der Waals surface area contributed by atoms with Crippen molar-refractivity contribution in [2.45, 2.75) is 6.92 Å². The van der Waals surface area contributed by atoms with Gasteiger partial charge in [-0.3, -0.25) is 0 Å². The number of nitrogens with two attached hydrogens (primary N) is 1. The topological polar surface area (TPSA) is 87.3 Å². The molecule has 0 aliphatic heterocycles. The number of rotatable bonds is 2. The largest absolute Gasteiger partial charge is 0.409 e. The van der Waals surface area contributed by atoms with Crippen molar-refractivity contribution in [3.05, 3.63) is 53.6 Å². The smallest absolute Gasteiger partial charge is 0.170 e. The van der Waals surface area contributed by atoms with E-state index in [1.54, 1.807) is 6.07 Å². The molecule has 0 aliphatic rings. The zero-order valence-corrected chi connectivity index (χ0v) is 11.0. The van der Waals surface area contributed by atoms with Crippen LogP contribution in [0.25, 0.3) is 22.4 Å². The van der Waals surface area contributed by atoms with Crippen molar-refractivity contribution in [1.29, 1.82) is 0 Å². The maximum absolute atomic E-state index is 8.73. The average molecular weight is 266 g/mol. The predicted octanol–water partition coefficient (Wildman–Crippen LogP) is 2.63. The van der Waals surface area contributed by atoms with E-state index >= 15 is 0 Å². The van der Waals surface area contributed by atoms with Gasteiger partial charge in [0, 0.05) is 11.1 Å². The minimum Gasteiger partial charge on any atom is -0.409 e. The molecule has 2 aromatic carbocycles. The minimum atomic E-state index is 0.0822. The summed E-state index contributed by atoms with van der Waals surface area (Å²) in [6.07, 6.45) is 0.